The zero-order valence-corrected chi connectivity index (χ0v) is 16.5. The maximum atomic E-state index is 12.6. The summed E-state index contributed by atoms with van der Waals surface area (Å²) in [6, 6.07) is 14.6. The number of carbonyl (C=O) groups excluding carboxylic acids is 3. The lowest BCUT2D eigenvalue weighted by atomic mass is 10.0. The van der Waals surface area contributed by atoms with E-state index in [1.54, 1.807) is 20.8 Å². The fraction of sp³-hybridized carbons (Fsp3) is 0.318. The van der Waals surface area contributed by atoms with Crippen molar-refractivity contribution >= 4 is 17.8 Å². The van der Waals surface area contributed by atoms with Gasteiger partial charge in [0, 0.05) is 12.0 Å². The molecule has 0 saturated carbocycles. The molecular weight excluding hydrogens is 358 g/mol. The van der Waals surface area contributed by atoms with Crippen molar-refractivity contribution in [3.63, 3.8) is 0 Å². The molecule has 2 aromatic carbocycles. The van der Waals surface area contributed by atoms with Gasteiger partial charge < -0.3 is 14.8 Å². The standard InChI is InChI=1S/C22H25NO5/c1-22(2,3)28-21(26)18(14-15-8-6-5-7-9-15)23-19(24)16-10-12-17(13-11-16)20(25)27-4/h5-13,18H,14H2,1-4H3,(H,23,24)/t18-/m0/s1. The van der Waals surface area contributed by atoms with Gasteiger partial charge in [-0.25, -0.2) is 9.59 Å². The van der Waals surface area contributed by atoms with Crippen LogP contribution in [0.3, 0.4) is 0 Å². The van der Waals surface area contributed by atoms with Crippen LogP contribution in [0.2, 0.25) is 0 Å². The van der Waals surface area contributed by atoms with Gasteiger partial charge in [0.05, 0.1) is 12.7 Å². The van der Waals surface area contributed by atoms with E-state index in [1.807, 2.05) is 30.3 Å². The molecule has 0 aromatic heterocycles. The van der Waals surface area contributed by atoms with E-state index >= 15 is 0 Å². The molecule has 28 heavy (non-hydrogen) atoms. The van der Waals surface area contributed by atoms with E-state index in [2.05, 4.69) is 10.1 Å². The molecule has 0 aliphatic carbocycles. The largest absolute Gasteiger partial charge is 0.465 e. The third-order valence-corrected chi connectivity index (χ3v) is 3.85. The monoisotopic (exact) mass is 383 g/mol. The topological polar surface area (TPSA) is 81.7 Å². The molecule has 1 amide bonds. The van der Waals surface area contributed by atoms with E-state index in [0.29, 0.717) is 17.5 Å². The molecule has 0 aliphatic heterocycles. The van der Waals surface area contributed by atoms with Crippen molar-refractivity contribution < 1.29 is 23.9 Å². The zero-order valence-electron chi connectivity index (χ0n) is 16.5. The molecule has 6 heteroatoms. The molecular formula is C22H25NO5. The van der Waals surface area contributed by atoms with Crippen LogP contribution in [-0.4, -0.2) is 36.6 Å². The molecule has 0 unspecified atom stereocenters. The Morgan fingerprint density at radius 2 is 1.50 bits per heavy atom. The van der Waals surface area contributed by atoms with Crippen LogP contribution in [0.25, 0.3) is 0 Å². The highest BCUT2D eigenvalue weighted by Gasteiger charge is 2.27. The van der Waals surface area contributed by atoms with Crippen LogP contribution >= 0.6 is 0 Å². The van der Waals surface area contributed by atoms with Gasteiger partial charge in [-0.1, -0.05) is 30.3 Å². The van der Waals surface area contributed by atoms with Crippen molar-refractivity contribution in [3.05, 3.63) is 71.3 Å². The van der Waals surface area contributed by atoms with Gasteiger partial charge in [0.1, 0.15) is 11.6 Å². The summed E-state index contributed by atoms with van der Waals surface area (Å²) in [5.41, 5.74) is 0.903. The first-order chi connectivity index (χ1) is 13.2. The SMILES string of the molecule is COC(=O)c1ccc(C(=O)N[C@@H](Cc2ccccc2)C(=O)OC(C)(C)C)cc1. The lowest BCUT2D eigenvalue weighted by Gasteiger charge is -2.24. The van der Waals surface area contributed by atoms with Crippen molar-refractivity contribution in [3.8, 4) is 0 Å². The Morgan fingerprint density at radius 1 is 0.929 bits per heavy atom. The second-order valence-electron chi connectivity index (χ2n) is 7.32. The molecule has 6 nitrogen and oxygen atoms in total. The van der Waals surface area contributed by atoms with Crippen LogP contribution in [0.1, 0.15) is 47.1 Å². The van der Waals surface area contributed by atoms with Crippen LogP contribution in [0.5, 0.6) is 0 Å². The van der Waals surface area contributed by atoms with Crippen LogP contribution in [0.4, 0.5) is 0 Å². The Hall–Kier alpha value is -3.15. The first-order valence-corrected chi connectivity index (χ1v) is 8.95. The van der Waals surface area contributed by atoms with Crippen molar-refractivity contribution in [1.82, 2.24) is 5.32 Å². The van der Waals surface area contributed by atoms with Crippen LogP contribution in [0, 0.1) is 0 Å². The van der Waals surface area contributed by atoms with Crippen LogP contribution in [-0.2, 0) is 20.7 Å². The summed E-state index contributed by atoms with van der Waals surface area (Å²) >= 11 is 0. The van der Waals surface area contributed by atoms with Gasteiger partial charge in [-0.05, 0) is 50.6 Å². The molecule has 2 rings (SSSR count). The minimum atomic E-state index is -0.839. The molecule has 0 heterocycles. The predicted molar refractivity (Wildman–Crippen MR) is 105 cm³/mol. The van der Waals surface area contributed by atoms with Gasteiger partial charge in [0.25, 0.3) is 5.91 Å². The maximum absolute atomic E-state index is 12.6. The van der Waals surface area contributed by atoms with E-state index in [9.17, 15) is 14.4 Å². The second-order valence-corrected chi connectivity index (χ2v) is 7.32. The van der Waals surface area contributed by atoms with Gasteiger partial charge >= 0.3 is 11.9 Å². The van der Waals surface area contributed by atoms with Crippen molar-refractivity contribution in [2.24, 2.45) is 0 Å². The number of amides is 1. The third-order valence-electron chi connectivity index (χ3n) is 3.85. The normalized spacial score (nSPS) is 12.0. The van der Waals surface area contributed by atoms with E-state index < -0.39 is 29.5 Å². The van der Waals surface area contributed by atoms with Gasteiger partial charge in [0.2, 0.25) is 0 Å². The Bertz CT molecular complexity index is 822. The quantitative estimate of drug-likeness (QED) is 0.775. The molecule has 0 bridgehead atoms. The van der Waals surface area contributed by atoms with E-state index in [4.69, 9.17) is 4.74 Å². The average molecular weight is 383 g/mol. The molecule has 0 spiro atoms. The summed E-state index contributed by atoms with van der Waals surface area (Å²) in [6.45, 7) is 5.33. The first-order valence-electron chi connectivity index (χ1n) is 8.95. The Kier molecular flexibility index (Phi) is 6.93. The van der Waals surface area contributed by atoms with Gasteiger partial charge in [-0.15, -0.1) is 0 Å². The fourth-order valence-corrected chi connectivity index (χ4v) is 2.53. The highest BCUT2D eigenvalue weighted by atomic mass is 16.6. The number of esters is 2. The average Bonchev–Trinajstić information content (AvgIpc) is 2.66. The van der Waals surface area contributed by atoms with Gasteiger partial charge in [-0.3, -0.25) is 4.79 Å². The zero-order chi connectivity index (χ0) is 20.7. The number of hydrogen-bond donors (Lipinski definition) is 1. The summed E-state index contributed by atoms with van der Waals surface area (Å²) in [6.07, 6.45) is 0.307. The minimum absolute atomic E-state index is 0.307. The summed E-state index contributed by atoms with van der Waals surface area (Å²) in [5.74, 6) is -1.42. The number of carbonyl (C=O) groups is 3. The van der Waals surface area contributed by atoms with E-state index in [-0.39, 0.29) is 0 Å². The molecule has 1 N–H and O–H groups in total. The second kappa shape index (κ2) is 9.17. The molecule has 0 radical (unpaired) electrons. The molecule has 148 valence electrons. The highest BCUT2D eigenvalue weighted by molar-refractivity contribution is 5.98. The summed E-state index contributed by atoms with van der Waals surface area (Å²) in [5, 5.41) is 2.74. The van der Waals surface area contributed by atoms with E-state index in [1.165, 1.54) is 31.4 Å². The van der Waals surface area contributed by atoms with Crippen molar-refractivity contribution in [2.45, 2.75) is 38.8 Å². The summed E-state index contributed by atoms with van der Waals surface area (Å²) in [4.78, 5) is 36.8. The van der Waals surface area contributed by atoms with E-state index in [0.717, 1.165) is 5.56 Å². The molecule has 0 fully saturated rings. The maximum Gasteiger partial charge on any atom is 0.337 e. The van der Waals surface area contributed by atoms with Crippen LogP contribution in [0.15, 0.2) is 54.6 Å². The third kappa shape index (κ3) is 6.23. The molecule has 1 atom stereocenters. The number of benzene rings is 2. The first kappa shape index (κ1) is 21.2. The smallest absolute Gasteiger partial charge is 0.337 e. The van der Waals surface area contributed by atoms with Crippen LogP contribution < -0.4 is 5.32 Å². The highest BCUT2D eigenvalue weighted by Crippen LogP contribution is 2.13. The van der Waals surface area contributed by atoms with Crippen molar-refractivity contribution in [2.75, 3.05) is 7.11 Å². The minimum Gasteiger partial charge on any atom is -0.465 e. The fourth-order valence-electron chi connectivity index (χ4n) is 2.53. The molecule has 0 saturated heterocycles. The number of methoxy groups -OCH3 is 1. The molecule has 0 aliphatic rings. The lowest BCUT2D eigenvalue weighted by Crippen LogP contribution is -2.45. The molecule has 2 aromatic rings. The lowest BCUT2D eigenvalue weighted by molar-refractivity contribution is -0.157. The number of rotatable bonds is 6. The number of nitrogens with one attached hydrogen (secondary N) is 1. The Morgan fingerprint density at radius 3 is 2.04 bits per heavy atom. The Balaban J connectivity index is 2.17. The summed E-state index contributed by atoms with van der Waals surface area (Å²) in [7, 11) is 1.29. The van der Waals surface area contributed by atoms with Gasteiger partial charge in [0.15, 0.2) is 0 Å². The number of hydrogen-bond acceptors (Lipinski definition) is 5. The predicted octanol–water partition coefficient (Wildman–Crippen LogP) is 3.16. The van der Waals surface area contributed by atoms with Crippen molar-refractivity contribution in [1.29, 1.82) is 0 Å². The number of ether oxygens (including phenoxy) is 2. The van der Waals surface area contributed by atoms with Gasteiger partial charge in [-0.2, -0.15) is 0 Å². The summed E-state index contributed by atoms with van der Waals surface area (Å²) < 4.78 is 10.1. The Labute approximate surface area is 164 Å².